The molecule has 5 rings (SSSR count). The minimum Gasteiger partial charge on any atom is -0.484 e. The molecule has 0 aliphatic carbocycles. The number of aromatic nitrogens is 1. The highest BCUT2D eigenvalue weighted by molar-refractivity contribution is 6.32. The van der Waals surface area contributed by atoms with Gasteiger partial charge in [0.05, 0.1) is 10.5 Å². The van der Waals surface area contributed by atoms with Crippen LogP contribution >= 0.6 is 11.6 Å². The van der Waals surface area contributed by atoms with E-state index >= 15 is 0 Å². The maximum atomic E-state index is 6.33. The lowest BCUT2D eigenvalue weighted by atomic mass is 9.99. The topological polar surface area (TPSA) is 26.2 Å². The van der Waals surface area contributed by atoms with E-state index in [0.29, 0.717) is 5.02 Å². The second kappa shape index (κ2) is 6.08. The lowest BCUT2D eigenvalue weighted by Crippen LogP contribution is -2.21. The van der Waals surface area contributed by atoms with E-state index in [0.717, 1.165) is 44.6 Å². The number of hydrogen-bond acceptors (Lipinski definition) is 2. The van der Waals surface area contributed by atoms with Gasteiger partial charge in [0.15, 0.2) is 0 Å². The zero-order chi connectivity index (χ0) is 16.8. The van der Waals surface area contributed by atoms with E-state index in [1.807, 2.05) is 24.3 Å². The van der Waals surface area contributed by atoms with Crippen LogP contribution in [0, 0.1) is 0 Å². The number of aryl methyl sites for hydroxylation is 1. The zero-order valence-electron chi connectivity index (χ0n) is 14.1. The van der Waals surface area contributed by atoms with Crippen LogP contribution < -0.4 is 10.1 Å². The van der Waals surface area contributed by atoms with Gasteiger partial charge in [0.2, 0.25) is 0 Å². The average molecular weight is 353 g/mol. The lowest BCUT2D eigenvalue weighted by molar-refractivity contribution is 0.183. The summed E-state index contributed by atoms with van der Waals surface area (Å²) in [6.45, 7) is 3.14. The maximum absolute atomic E-state index is 6.33. The van der Waals surface area contributed by atoms with Crippen molar-refractivity contribution in [2.75, 3.05) is 13.1 Å². The Labute approximate surface area is 152 Å². The summed E-state index contributed by atoms with van der Waals surface area (Å²) in [6.07, 6.45) is 3.26. The van der Waals surface area contributed by atoms with Crippen LogP contribution in [-0.2, 0) is 19.4 Å². The number of hydrogen-bond donors (Lipinski definition) is 1. The highest BCUT2D eigenvalue weighted by Gasteiger charge is 2.28. The Hall–Kier alpha value is -1.97. The monoisotopic (exact) mass is 352 g/mol. The number of benzene rings is 2. The molecule has 3 nitrogen and oxygen atoms in total. The van der Waals surface area contributed by atoms with Crippen molar-refractivity contribution >= 4 is 22.5 Å². The Kier molecular flexibility index (Phi) is 3.72. The molecule has 1 atom stereocenters. The van der Waals surface area contributed by atoms with Crippen LogP contribution in [-0.4, -0.2) is 17.7 Å². The Morgan fingerprint density at radius 3 is 2.84 bits per heavy atom. The van der Waals surface area contributed by atoms with Gasteiger partial charge in [0, 0.05) is 42.6 Å². The fourth-order valence-electron chi connectivity index (χ4n) is 4.39. The van der Waals surface area contributed by atoms with E-state index in [1.165, 1.54) is 27.7 Å². The van der Waals surface area contributed by atoms with E-state index in [1.54, 1.807) is 0 Å². The molecule has 1 aromatic heterocycles. The van der Waals surface area contributed by atoms with Crippen LogP contribution in [0.3, 0.4) is 0 Å². The fraction of sp³-hybridized carbons (Fsp3) is 0.333. The van der Waals surface area contributed by atoms with Crippen molar-refractivity contribution in [2.24, 2.45) is 0 Å². The Bertz CT molecular complexity index is 946. The standard InChI is InChI=1S/C21H21ClN2O/c22-17-6-1-2-7-20(17)25-19-10-13-24-18-9-12-23-11-8-14(18)15-4-3-5-16(19)21(15)24/h1-7,19,23H,8-13H2. The van der Waals surface area contributed by atoms with Gasteiger partial charge in [-0.25, -0.2) is 0 Å². The number of para-hydroxylation sites is 2. The van der Waals surface area contributed by atoms with Crippen molar-refractivity contribution in [3.05, 3.63) is 64.3 Å². The summed E-state index contributed by atoms with van der Waals surface area (Å²) in [5.74, 6) is 0.775. The quantitative estimate of drug-likeness (QED) is 0.734. The van der Waals surface area contributed by atoms with Crippen molar-refractivity contribution in [2.45, 2.75) is 31.9 Å². The zero-order valence-corrected chi connectivity index (χ0v) is 14.9. The number of nitrogens with one attached hydrogen (secondary N) is 1. The lowest BCUT2D eigenvalue weighted by Gasteiger charge is -2.27. The second-order valence-electron chi connectivity index (χ2n) is 6.90. The normalized spacial score (nSPS) is 19.5. The molecule has 4 heteroatoms. The third-order valence-corrected chi connectivity index (χ3v) is 5.81. The molecule has 3 heterocycles. The van der Waals surface area contributed by atoms with Gasteiger partial charge in [-0.3, -0.25) is 0 Å². The first-order valence-electron chi connectivity index (χ1n) is 9.07. The van der Waals surface area contributed by atoms with Gasteiger partial charge in [-0.2, -0.15) is 0 Å². The third kappa shape index (κ3) is 2.45. The van der Waals surface area contributed by atoms with Gasteiger partial charge in [0.25, 0.3) is 0 Å². The molecule has 0 saturated carbocycles. The molecule has 0 amide bonds. The molecular weight excluding hydrogens is 332 g/mol. The Morgan fingerprint density at radius 2 is 1.92 bits per heavy atom. The van der Waals surface area contributed by atoms with E-state index in [2.05, 4.69) is 28.1 Å². The van der Waals surface area contributed by atoms with Gasteiger partial charge >= 0.3 is 0 Å². The van der Waals surface area contributed by atoms with Crippen LogP contribution in [0.5, 0.6) is 5.75 Å². The minimum atomic E-state index is 0.0627. The van der Waals surface area contributed by atoms with Gasteiger partial charge < -0.3 is 14.6 Å². The van der Waals surface area contributed by atoms with Gasteiger partial charge in [-0.15, -0.1) is 0 Å². The summed E-state index contributed by atoms with van der Waals surface area (Å²) in [5.41, 5.74) is 5.71. The first kappa shape index (κ1) is 15.3. The summed E-state index contributed by atoms with van der Waals surface area (Å²) in [4.78, 5) is 0. The molecule has 0 saturated heterocycles. The molecule has 0 spiro atoms. The third-order valence-electron chi connectivity index (χ3n) is 5.49. The van der Waals surface area contributed by atoms with E-state index < -0.39 is 0 Å². The average Bonchev–Trinajstić information content (AvgIpc) is 2.80. The van der Waals surface area contributed by atoms with Crippen LogP contribution in [0.2, 0.25) is 5.02 Å². The molecule has 3 aromatic rings. The predicted molar refractivity (Wildman–Crippen MR) is 102 cm³/mol. The molecule has 0 radical (unpaired) electrons. The molecule has 2 aliphatic rings. The number of halogens is 1. The summed E-state index contributed by atoms with van der Waals surface area (Å²) in [5, 5.41) is 5.61. The van der Waals surface area contributed by atoms with Crippen molar-refractivity contribution in [3.8, 4) is 5.75 Å². The first-order chi connectivity index (χ1) is 12.3. The van der Waals surface area contributed by atoms with Crippen LogP contribution in [0.4, 0.5) is 0 Å². The molecule has 128 valence electrons. The Morgan fingerprint density at radius 1 is 1.04 bits per heavy atom. The van der Waals surface area contributed by atoms with Crippen LogP contribution in [0.25, 0.3) is 10.9 Å². The minimum absolute atomic E-state index is 0.0627. The number of nitrogens with zero attached hydrogens (tertiary/aromatic N) is 1. The maximum Gasteiger partial charge on any atom is 0.138 e. The first-order valence-corrected chi connectivity index (χ1v) is 9.45. The summed E-state index contributed by atoms with van der Waals surface area (Å²) < 4.78 is 8.87. The van der Waals surface area contributed by atoms with Crippen molar-refractivity contribution in [1.29, 1.82) is 0 Å². The van der Waals surface area contributed by atoms with Crippen molar-refractivity contribution in [3.63, 3.8) is 0 Å². The molecule has 2 aromatic carbocycles. The SMILES string of the molecule is Clc1ccccc1OC1CCn2c3c(c4cccc1c42)CCNCC3. The number of ether oxygens (including phenoxy) is 1. The molecule has 1 N–H and O–H groups in total. The highest BCUT2D eigenvalue weighted by Crippen LogP contribution is 2.40. The summed E-state index contributed by atoms with van der Waals surface area (Å²) >= 11 is 6.31. The molecule has 1 unspecified atom stereocenters. The van der Waals surface area contributed by atoms with E-state index in [4.69, 9.17) is 16.3 Å². The Balaban J connectivity index is 1.62. The van der Waals surface area contributed by atoms with Gasteiger partial charge in [0.1, 0.15) is 11.9 Å². The summed E-state index contributed by atoms with van der Waals surface area (Å²) in [7, 11) is 0. The molecule has 0 fully saturated rings. The van der Waals surface area contributed by atoms with Crippen molar-refractivity contribution < 1.29 is 4.74 Å². The van der Waals surface area contributed by atoms with E-state index in [-0.39, 0.29) is 6.10 Å². The van der Waals surface area contributed by atoms with Crippen LogP contribution in [0.1, 0.15) is 29.3 Å². The fourth-order valence-corrected chi connectivity index (χ4v) is 4.57. The summed E-state index contributed by atoms with van der Waals surface area (Å²) in [6, 6.07) is 14.4. The van der Waals surface area contributed by atoms with Gasteiger partial charge in [-0.05, 0) is 30.7 Å². The largest absolute Gasteiger partial charge is 0.484 e. The van der Waals surface area contributed by atoms with Gasteiger partial charge in [-0.1, -0.05) is 41.9 Å². The van der Waals surface area contributed by atoms with E-state index in [9.17, 15) is 0 Å². The molecular formula is C21H21ClN2O. The number of rotatable bonds is 2. The second-order valence-corrected chi connectivity index (χ2v) is 7.30. The molecule has 25 heavy (non-hydrogen) atoms. The predicted octanol–water partition coefficient (Wildman–Crippen LogP) is 4.51. The number of fused-ring (bicyclic) bond motifs is 3. The van der Waals surface area contributed by atoms with Crippen LogP contribution in [0.15, 0.2) is 42.5 Å². The molecule has 0 bridgehead atoms. The molecule has 2 aliphatic heterocycles. The smallest absolute Gasteiger partial charge is 0.138 e. The highest BCUT2D eigenvalue weighted by atomic mass is 35.5. The van der Waals surface area contributed by atoms with Crippen molar-refractivity contribution in [1.82, 2.24) is 9.88 Å².